The van der Waals surface area contributed by atoms with Gasteiger partial charge in [-0.3, -0.25) is 0 Å². The number of benzene rings is 1. The second-order valence-electron chi connectivity index (χ2n) is 4.21. The molecule has 2 atom stereocenters. The molecular weight excluding hydrogens is 285 g/mol. The fraction of sp³-hybridized carbons (Fsp3) is 0.500. The van der Waals surface area contributed by atoms with Gasteiger partial charge in [-0.25, -0.2) is 0 Å². The lowest BCUT2D eigenvalue weighted by molar-refractivity contribution is -0.274. The summed E-state index contributed by atoms with van der Waals surface area (Å²) in [4.78, 5) is 0. The second-order valence-corrected chi connectivity index (χ2v) is 5.84. The average Bonchev–Trinajstić information content (AvgIpc) is 2.65. The highest BCUT2D eigenvalue weighted by Gasteiger charge is 2.31. The molecule has 0 bridgehead atoms. The Balaban J connectivity index is 1.95. The molecule has 1 nitrogen and oxygen atoms in total. The zero-order valence-electron chi connectivity index (χ0n) is 9.41. The Morgan fingerprint density at radius 3 is 2.39 bits per heavy atom. The first kappa shape index (κ1) is 13.9. The van der Waals surface area contributed by atoms with E-state index < -0.39 is 6.36 Å². The van der Waals surface area contributed by atoms with Gasteiger partial charge in [-0.1, -0.05) is 12.1 Å². The summed E-state index contributed by atoms with van der Waals surface area (Å²) in [5, 5.41) is 0.154. The van der Waals surface area contributed by atoms with E-state index in [1.165, 1.54) is 12.1 Å². The minimum absolute atomic E-state index is 0.154. The summed E-state index contributed by atoms with van der Waals surface area (Å²) in [6.07, 6.45) is -3.84. The predicted molar refractivity (Wildman–Crippen MR) is 67.3 cm³/mol. The van der Waals surface area contributed by atoms with Crippen LogP contribution < -0.4 is 4.74 Å². The van der Waals surface area contributed by atoms with Gasteiger partial charge in [0, 0.05) is 11.1 Å². The zero-order valence-corrected chi connectivity index (χ0v) is 11.0. The Morgan fingerprint density at radius 1 is 1.22 bits per heavy atom. The third kappa shape index (κ3) is 3.99. The van der Waals surface area contributed by atoms with Gasteiger partial charge in [-0.05, 0) is 35.8 Å². The molecular formula is C12H12ClF3OS. The van der Waals surface area contributed by atoms with Crippen LogP contribution in [0, 0.1) is 5.92 Å². The van der Waals surface area contributed by atoms with Crippen LogP contribution in [0.4, 0.5) is 13.2 Å². The molecule has 2 unspecified atom stereocenters. The van der Waals surface area contributed by atoms with Crippen LogP contribution in [0.25, 0.3) is 0 Å². The molecule has 2 rings (SSSR count). The van der Waals surface area contributed by atoms with Crippen LogP contribution in [0.1, 0.15) is 5.56 Å². The number of halogens is 4. The molecule has 100 valence electrons. The third-order valence-electron chi connectivity index (χ3n) is 2.78. The quantitative estimate of drug-likeness (QED) is 0.777. The molecule has 0 N–H and O–H groups in total. The maximum Gasteiger partial charge on any atom is 0.573 e. The second kappa shape index (κ2) is 5.61. The summed E-state index contributed by atoms with van der Waals surface area (Å²) in [7, 11) is 0. The molecule has 1 aromatic rings. The Bertz CT molecular complexity index is 393. The SMILES string of the molecule is FC(F)(F)Oc1ccc(CC2CSCC2Cl)cc1. The highest BCUT2D eigenvalue weighted by Crippen LogP contribution is 2.31. The van der Waals surface area contributed by atoms with Crippen molar-refractivity contribution in [2.24, 2.45) is 5.92 Å². The first-order chi connectivity index (χ1) is 8.44. The van der Waals surface area contributed by atoms with E-state index in [4.69, 9.17) is 11.6 Å². The van der Waals surface area contributed by atoms with E-state index in [9.17, 15) is 13.2 Å². The predicted octanol–water partition coefficient (Wildman–Crippen LogP) is 4.10. The van der Waals surface area contributed by atoms with Crippen molar-refractivity contribution in [2.45, 2.75) is 18.2 Å². The molecule has 0 radical (unpaired) electrons. The van der Waals surface area contributed by atoms with E-state index in [2.05, 4.69) is 4.74 Å². The lowest BCUT2D eigenvalue weighted by atomic mass is 9.98. The van der Waals surface area contributed by atoms with Crippen LogP contribution in [0.2, 0.25) is 0 Å². The van der Waals surface area contributed by atoms with Crippen molar-refractivity contribution < 1.29 is 17.9 Å². The molecule has 1 aliphatic heterocycles. The summed E-state index contributed by atoms with van der Waals surface area (Å²) in [5.41, 5.74) is 0.989. The molecule has 1 fully saturated rings. The lowest BCUT2D eigenvalue weighted by Gasteiger charge is -2.13. The smallest absolute Gasteiger partial charge is 0.406 e. The standard InChI is InChI=1S/C12H12ClF3OS/c13-11-7-18-6-9(11)5-8-1-3-10(4-2-8)17-12(14,15)16/h1-4,9,11H,5-7H2. The van der Waals surface area contributed by atoms with Crippen molar-refractivity contribution in [2.75, 3.05) is 11.5 Å². The van der Waals surface area contributed by atoms with Gasteiger partial charge in [0.25, 0.3) is 0 Å². The molecule has 18 heavy (non-hydrogen) atoms. The summed E-state index contributed by atoms with van der Waals surface area (Å²) in [5.74, 6) is 2.16. The highest BCUT2D eigenvalue weighted by atomic mass is 35.5. The summed E-state index contributed by atoms with van der Waals surface area (Å²) < 4.78 is 39.8. The Morgan fingerprint density at radius 2 is 1.89 bits per heavy atom. The molecule has 0 aliphatic carbocycles. The number of thioether (sulfide) groups is 1. The van der Waals surface area contributed by atoms with Gasteiger partial charge in [0.15, 0.2) is 0 Å². The van der Waals surface area contributed by atoms with E-state index in [1.807, 2.05) is 11.8 Å². The van der Waals surface area contributed by atoms with E-state index in [-0.39, 0.29) is 11.1 Å². The van der Waals surface area contributed by atoms with E-state index in [1.54, 1.807) is 12.1 Å². The summed E-state index contributed by atoms with van der Waals surface area (Å²) >= 11 is 7.97. The van der Waals surface area contributed by atoms with Gasteiger partial charge in [0.05, 0.1) is 0 Å². The summed E-state index contributed by atoms with van der Waals surface area (Å²) in [6.45, 7) is 0. The average molecular weight is 297 g/mol. The van der Waals surface area contributed by atoms with Gasteiger partial charge in [-0.15, -0.1) is 24.8 Å². The molecule has 6 heteroatoms. The maximum atomic E-state index is 12.0. The van der Waals surface area contributed by atoms with Crippen molar-refractivity contribution in [3.8, 4) is 5.75 Å². The minimum Gasteiger partial charge on any atom is -0.406 e. The van der Waals surface area contributed by atoms with E-state index in [0.717, 1.165) is 23.5 Å². The molecule has 0 saturated carbocycles. The van der Waals surface area contributed by atoms with Crippen molar-refractivity contribution in [1.82, 2.24) is 0 Å². The topological polar surface area (TPSA) is 9.23 Å². The summed E-state index contributed by atoms with van der Waals surface area (Å²) in [6, 6.07) is 6.00. The fourth-order valence-corrected chi connectivity index (χ4v) is 3.73. The first-order valence-electron chi connectivity index (χ1n) is 5.50. The van der Waals surface area contributed by atoms with Crippen LogP contribution in [-0.2, 0) is 6.42 Å². The van der Waals surface area contributed by atoms with Crippen molar-refractivity contribution in [3.63, 3.8) is 0 Å². The first-order valence-corrected chi connectivity index (χ1v) is 7.09. The van der Waals surface area contributed by atoms with Crippen molar-refractivity contribution in [3.05, 3.63) is 29.8 Å². The van der Waals surface area contributed by atoms with Crippen LogP contribution >= 0.6 is 23.4 Å². The molecule has 0 aromatic heterocycles. The van der Waals surface area contributed by atoms with Gasteiger partial charge in [0.2, 0.25) is 0 Å². The molecule has 1 aliphatic rings. The van der Waals surface area contributed by atoms with Gasteiger partial charge < -0.3 is 4.74 Å². The maximum absolute atomic E-state index is 12.0. The van der Waals surface area contributed by atoms with Gasteiger partial charge in [0.1, 0.15) is 5.75 Å². The van der Waals surface area contributed by atoms with E-state index >= 15 is 0 Å². The van der Waals surface area contributed by atoms with Gasteiger partial charge >= 0.3 is 6.36 Å². The number of hydrogen-bond acceptors (Lipinski definition) is 2. The normalized spacial score (nSPS) is 24.2. The van der Waals surface area contributed by atoms with E-state index in [0.29, 0.717) is 5.92 Å². The Kier molecular flexibility index (Phi) is 4.33. The van der Waals surface area contributed by atoms with Crippen molar-refractivity contribution in [1.29, 1.82) is 0 Å². The molecule has 1 saturated heterocycles. The van der Waals surface area contributed by atoms with Crippen LogP contribution in [0.3, 0.4) is 0 Å². The minimum atomic E-state index is -4.63. The van der Waals surface area contributed by atoms with Crippen LogP contribution in [-0.4, -0.2) is 23.2 Å². The lowest BCUT2D eigenvalue weighted by Crippen LogP contribution is -2.17. The third-order valence-corrected chi connectivity index (χ3v) is 4.73. The van der Waals surface area contributed by atoms with Crippen molar-refractivity contribution >= 4 is 23.4 Å². The number of ether oxygens (including phenoxy) is 1. The highest BCUT2D eigenvalue weighted by molar-refractivity contribution is 7.99. The molecule has 0 amide bonds. The van der Waals surface area contributed by atoms with Crippen LogP contribution in [0.5, 0.6) is 5.75 Å². The largest absolute Gasteiger partial charge is 0.573 e. The molecule has 0 spiro atoms. The van der Waals surface area contributed by atoms with Crippen LogP contribution in [0.15, 0.2) is 24.3 Å². The molecule has 1 aromatic carbocycles. The Hall–Kier alpha value is -0.550. The zero-order chi connectivity index (χ0) is 13.2. The Labute approximate surface area is 113 Å². The number of rotatable bonds is 3. The monoisotopic (exact) mass is 296 g/mol. The molecule has 1 heterocycles. The fourth-order valence-electron chi connectivity index (χ4n) is 1.89. The number of hydrogen-bond donors (Lipinski definition) is 0. The number of alkyl halides is 4. The van der Waals surface area contributed by atoms with Gasteiger partial charge in [-0.2, -0.15) is 11.8 Å².